The molecule has 146 valence electrons. The molecule has 0 spiro atoms. The molecule has 28 heavy (non-hydrogen) atoms. The van der Waals surface area contributed by atoms with E-state index < -0.39 is 0 Å². The van der Waals surface area contributed by atoms with Crippen LogP contribution in [0.5, 0.6) is 0 Å². The van der Waals surface area contributed by atoms with Gasteiger partial charge in [-0.1, -0.05) is 36.4 Å². The van der Waals surface area contributed by atoms with E-state index in [1.807, 2.05) is 31.2 Å². The van der Waals surface area contributed by atoms with Gasteiger partial charge >= 0.3 is 0 Å². The van der Waals surface area contributed by atoms with E-state index in [2.05, 4.69) is 10.4 Å². The molecule has 2 N–H and O–H groups in total. The van der Waals surface area contributed by atoms with Crippen molar-refractivity contribution in [2.45, 2.75) is 33.0 Å². The molecule has 7 heteroatoms. The minimum Gasteiger partial charge on any atom is -0.377 e. The molecular formula is C21H23N3O4. The fourth-order valence-electron chi connectivity index (χ4n) is 2.88. The molecule has 0 aliphatic heterocycles. The Labute approximate surface area is 161 Å². The number of H-pyrrole nitrogens is 1. The maximum absolute atomic E-state index is 12.4. The smallest absolute Gasteiger partial charge is 0.273 e. The molecular weight excluding hydrogens is 358 g/mol. The summed E-state index contributed by atoms with van der Waals surface area (Å²) in [5.41, 5.74) is 1.40. The van der Waals surface area contributed by atoms with E-state index in [4.69, 9.17) is 4.74 Å². The quantitative estimate of drug-likeness (QED) is 0.624. The van der Waals surface area contributed by atoms with E-state index in [9.17, 15) is 14.4 Å². The third kappa shape index (κ3) is 4.75. The van der Waals surface area contributed by atoms with Crippen LogP contribution in [0.25, 0.3) is 10.8 Å². The van der Waals surface area contributed by atoms with Crippen LogP contribution in [0.2, 0.25) is 0 Å². The summed E-state index contributed by atoms with van der Waals surface area (Å²) in [4.78, 5) is 36.6. The Morgan fingerprint density at radius 1 is 1.04 bits per heavy atom. The number of aromatic nitrogens is 2. The SMILES string of the molecule is CCOCc1ccc(CNC(=O)CCn2[nH]c(=O)c3ccccc3c2=O)cc1. The summed E-state index contributed by atoms with van der Waals surface area (Å²) in [6.07, 6.45) is 0.0939. The topological polar surface area (TPSA) is 93.2 Å². The molecule has 0 fully saturated rings. The van der Waals surface area contributed by atoms with Crippen LogP contribution in [0.4, 0.5) is 0 Å². The number of carbonyl (C=O) groups excluding carboxylic acids is 1. The Hall–Kier alpha value is -3.19. The van der Waals surface area contributed by atoms with Gasteiger partial charge in [0.25, 0.3) is 11.1 Å². The van der Waals surface area contributed by atoms with Crippen molar-refractivity contribution >= 4 is 16.7 Å². The number of hydrogen-bond donors (Lipinski definition) is 2. The van der Waals surface area contributed by atoms with E-state index in [0.29, 0.717) is 30.5 Å². The number of hydrogen-bond acceptors (Lipinski definition) is 4. The molecule has 1 amide bonds. The van der Waals surface area contributed by atoms with Gasteiger partial charge in [0.2, 0.25) is 5.91 Å². The molecule has 0 radical (unpaired) electrons. The van der Waals surface area contributed by atoms with Crippen molar-refractivity contribution in [3.8, 4) is 0 Å². The number of nitrogens with one attached hydrogen (secondary N) is 2. The summed E-state index contributed by atoms with van der Waals surface area (Å²) < 4.78 is 6.54. The molecule has 0 unspecified atom stereocenters. The minimum absolute atomic E-state index is 0.0939. The van der Waals surface area contributed by atoms with Gasteiger partial charge in [0.15, 0.2) is 0 Å². The number of rotatable bonds is 8. The highest BCUT2D eigenvalue weighted by molar-refractivity contribution is 5.80. The number of carbonyl (C=O) groups is 1. The maximum Gasteiger partial charge on any atom is 0.273 e. The summed E-state index contributed by atoms with van der Waals surface area (Å²) in [6.45, 7) is 3.70. The highest BCUT2D eigenvalue weighted by atomic mass is 16.5. The maximum atomic E-state index is 12.4. The first-order valence-corrected chi connectivity index (χ1v) is 9.22. The first-order chi connectivity index (χ1) is 13.6. The van der Waals surface area contributed by atoms with E-state index in [1.165, 1.54) is 4.68 Å². The van der Waals surface area contributed by atoms with Gasteiger partial charge in [-0.15, -0.1) is 0 Å². The normalized spacial score (nSPS) is 10.9. The first kappa shape index (κ1) is 19.6. The lowest BCUT2D eigenvalue weighted by Gasteiger charge is -2.09. The summed E-state index contributed by atoms with van der Waals surface area (Å²) in [6, 6.07) is 14.5. The first-order valence-electron chi connectivity index (χ1n) is 9.22. The van der Waals surface area contributed by atoms with E-state index in [-0.39, 0.29) is 30.0 Å². The Balaban J connectivity index is 1.56. The van der Waals surface area contributed by atoms with Crippen molar-refractivity contribution < 1.29 is 9.53 Å². The second-order valence-electron chi connectivity index (χ2n) is 6.42. The molecule has 7 nitrogen and oxygen atoms in total. The summed E-state index contributed by atoms with van der Waals surface area (Å²) >= 11 is 0. The van der Waals surface area contributed by atoms with Crippen molar-refractivity contribution in [3.05, 3.63) is 80.4 Å². The van der Waals surface area contributed by atoms with Crippen molar-refractivity contribution in [1.29, 1.82) is 0 Å². The van der Waals surface area contributed by atoms with Crippen LogP contribution < -0.4 is 16.4 Å². The Kier molecular flexibility index (Phi) is 6.39. The number of aromatic amines is 1. The monoisotopic (exact) mass is 381 g/mol. The number of fused-ring (bicyclic) bond motifs is 1. The third-order valence-electron chi connectivity index (χ3n) is 4.43. The third-order valence-corrected chi connectivity index (χ3v) is 4.43. The van der Waals surface area contributed by atoms with Crippen LogP contribution in [-0.2, 0) is 29.2 Å². The molecule has 0 bridgehead atoms. The highest BCUT2D eigenvalue weighted by Gasteiger charge is 2.08. The lowest BCUT2D eigenvalue weighted by atomic mass is 10.1. The number of benzene rings is 2. The average Bonchev–Trinajstić information content (AvgIpc) is 2.73. The molecule has 0 saturated heterocycles. The van der Waals surface area contributed by atoms with E-state index in [0.717, 1.165) is 11.1 Å². The van der Waals surface area contributed by atoms with Crippen LogP contribution in [0.1, 0.15) is 24.5 Å². The van der Waals surface area contributed by atoms with Crippen molar-refractivity contribution in [2.75, 3.05) is 6.61 Å². The molecule has 1 heterocycles. The lowest BCUT2D eigenvalue weighted by Crippen LogP contribution is -2.32. The largest absolute Gasteiger partial charge is 0.377 e. The molecule has 0 aliphatic carbocycles. The van der Waals surface area contributed by atoms with E-state index in [1.54, 1.807) is 24.3 Å². The molecule has 3 rings (SSSR count). The van der Waals surface area contributed by atoms with Gasteiger partial charge in [0.1, 0.15) is 0 Å². The van der Waals surface area contributed by atoms with Crippen molar-refractivity contribution in [2.24, 2.45) is 0 Å². The van der Waals surface area contributed by atoms with Gasteiger partial charge in [-0.3, -0.25) is 19.5 Å². The molecule has 0 aliphatic rings. The van der Waals surface area contributed by atoms with E-state index >= 15 is 0 Å². The van der Waals surface area contributed by atoms with Gasteiger partial charge in [-0.25, -0.2) is 4.68 Å². The zero-order chi connectivity index (χ0) is 19.9. The molecule has 0 saturated carbocycles. The second kappa shape index (κ2) is 9.14. The molecule has 1 aromatic heterocycles. The zero-order valence-corrected chi connectivity index (χ0v) is 15.7. The van der Waals surface area contributed by atoms with Gasteiger partial charge < -0.3 is 10.1 Å². The predicted molar refractivity (Wildman–Crippen MR) is 107 cm³/mol. The number of nitrogens with zero attached hydrogens (tertiary/aromatic N) is 1. The molecule has 3 aromatic rings. The Morgan fingerprint density at radius 3 is 2.43 bits per heavy atom. The van der Waals surface area contributed by atoms with Crippen LogP contribution in [-0.4, -0.2) is 22.3 Å². The molecule has 2 aromatic carbocycles. The van der Waals surface area contributed by atoms with Crippen molar-refractivity contribution in [3.63, 3.8) is 0 Å². The Bertz CT molecular complexity index is 1070. The lowest BCUT2D eigenvalue weighted by molar-refractivity contribution is -0.121. The van der Waals surface area contributed by atoms with Gasteiger partial charge in [-0.05, 0) is 30.2 Å². The fraction of sp³-hybridized carbons (Fsp3) is 0.286. The average molecular weight is 381 g/mol. The van der Waals surface area contributed by atoms with Crippen LogP contribution in [0, 0.1) is 0 Å². The van der Waals surface area contributed by atoms with Crippen molar-refractivity contribution in [1.82, 2.24) is 15.1 Å². The van der Waals surface area contributed by atoms with Gasteiger partial charge in [0, 0.05) is 19.6 Å². The molecule has 0 atom stereocenters. The summed E-state index contributed by atoms with van der Waals surface area (Å²) in [5, 5.41) is 6.05. The second-order valence-corrected chi connectivity index (χ2v) is 6.42. The fourth-order valence-corrected chi connectivity index (χ4v) is 2.88. The summed E-state index contributed by atoms with van der Waals surface area (Å²) in [7, 11) is 0. The van der Waals surface area contributed by atoms with Gasteiger partial charge in [0.05, 0.1) is 23.9 Å². The predicted octanol–water partition coefficient (Wildman–Crippen LogP) is 1.93. The van der Waals surface area contributed by atoms with Crippen LogP contribution in [0.15, 0.2) is 58.1 Å². The summed E-state index contributed by atoms with van der Waals surface area (Å²) in [5.74, 6) is -0.195. The van der Waals surface area contributed by atoms with Crippen LogP contribution in [0.3, 0.4) is 0 Å². The minimum atomic E-state index is -0.345. The Morgan fingerprint density at radius 2 is 1.71 bits per heavy atom. The zero-order valence-electron chi connectivity index (χ0n) is 15.7. The van der Waals surface area contributed by atoms with Gasteiger partial charge in [-0.2, -0.15) is 0 Å². The number of ether oxygens (including phenoxy) is 1. The number of amides is 1. The van der Waals surface area contributed by atoms with Crippen LogP contribution >= 0.6 is 0 Å². The number of aryl methyl sites for hydroxylation is 1. The standard InChI is InChI=1S/C21H23N3O4/c1-2-28-14-16-9-7-15(8-10-16)13-22-19(25)11-12-24-21(27)18-6-4-3-5-17(18)20(26)23-24/h3-10H,2,11-14H2,1H3,(H,22,25)(H,23,26). The highest BCUT2D eigenvalue weighted by Crippen LogP contribution is 2.06.